The number of ether oxygens (including phenoxy) is 2. The molecule has 0 aromatic heterocycles. The van der Waals surface area contributed by atoms with Gasteiger partial charge in [-0.05, 0) is 19.9 Å². The van der Waals surface area contributed by atoms with Crippen molar-refractivity contribution in [1.82, 2.24) is 10.2 Å². The molecule has 0 bridgehead atoms. The number of nitrogens with one attached hydrogen (secondary N) is 1. The summed E-state index contributed by atoms with van der Waals surface area (Å²) in [6, 6.07) is 0.556. The Labute approximate surface area is 92.9 Å². The molecule has 1 rings (SSSR count). The topological polar surface area (TPSA) is 33.7 Å². The van der Waals surface area contributed by atoms with Crippen LogP contribution in [0.4, 0.5) is 0 Å². The molecule has 1 aliphatic rings. The van der Waals surface area contributed by atoms with Gasteiger partial charge in [-0.2, -0.15) is 0 Å². The molecule has 0 aromatic carbocycles. The van der Waals surface area contributed by atoms with Gasteiger partial charge >= 0.3 is 0 Å². The van der Waals surface area contributed by atoms with Gasteiger partial charge in [-0.3, -0.25) is 4.90 Å². The number of hydrogen-bond donors (Lipinski definition) is 1. The van der Waals surface area contributed by atoms with Crippen molar-refractivity contribution in [2.45, 2.75) is 19.4 Å². The van der Waals surface area contributed by atoms with Crippen LogP contribution in [0.3, 0.4) is 0 Å². The average molecular weight is 216 g/mol. The molecule has 0 aromatic rings. The number of nitrogens with zero attached hydrogens (tertiary/aromatic N) is 1. The quantitative estimate of drug-likeness (QED) is 0.622. The van der Waals surface area contributed by atoms with Crippen LogP contribution in [0.15, 0.2) is 0 Å². The van der Waals surface area contributed by atoms with Crippen molar-refractivity contribution in [2.75, 3.05) is 53.1 Å². The summed E-state index contributed by atoms with van der Waals surface area (Å²) in [6.45, 7) is 9.16. The van der Waals surface area contributed by atoms with E-state index in [9.17, 15) is 0 Å². The predicted molar refractivity (Wildman–Crippen MR) is 61.2 cm³/mol. The fraction of sp³-hybridized carbons (Fsp3) is 1.00. The molecule has 0 spiro atoms. The van der Waals surface area contributed by atoms with Gasteiger partial charge in [0.2, 0.25) is 0 Å². The summed E-state index contributed by atoms with van der Waals surface area (Å²) in [7, 11) is 1.75. The number of methoxy groups -OCH3 is 1. The highest BCUT2D eigenvalue weighted by atomic mass is 16.5. The van der Waals surface area contributed by atoms with Crippen molar-refractivity contribution >= 4 is 0 Å². The van der Waals surface area contributed by atoms with E-state index in [1.807, 2.05) is 0 Å². The van der Waals surface area contributed by atoms with Crippen LogP contribution < -0.4 is 5.32 Å². The van der Waals surface area contributed by atoms with Crippen molar-refractivity contribution in [3.8, 4) is 0 Å². The number of morpholine rings is 1. The van der Waals surface area contributed by atoms with Crippen molar-refractivity contribution in [3.05, 3.63) is 0 Å². The highest BCUT2D eigenvalue weighted by molar-refractivity contribution is 4.69. The second-order valence-corrected chi connectivity index (χ2v) is 4.11. The maximum absolute atomic E-state index is 5.32. The summed E-state index contributed by atoms with van der Waals surface area (Å²) in [6.07, 6.45) is 1.09. The third-order valence-electron chi connectivity index (χ3n) is 2.65. The Hall–Kier alpha value is -0.160. The summed E-state index contributed by atoms with van der Waals surface area (Å²) >= 11 is 0. The fourth-order valence-corrected chi connectivity index (χ4v) is 1.80. The third-order valence-corrected chi connectivity index (χ3v) is 2.65. The van der Waals surface area contributed by atoms with Crippen LogP contribution in [0, 0.1) is 0 Å². The molecule has 1 saturated heterocycles. The zero-order valence-electron chi connectivity index (χ0n) is 10.00. The lowest BCUT2D eigenvalue weighted by atomic mass is 10.2. The van der Waals surface area contributed by atoms with E-state index in [-0.39, 0.29) is 0 Å². The third kappa shape index (κ3) is 6.10. The van der Waals surface area contributed by atoms with Crippen molar-refractivity contribution < 1.29 is 9.47 Å². The molecule has 1 aliphatic heterocycles. The molecule has 90 valence electrons. The second-order valence-electron chi connectivity index (χ2n) is 4.11. The molecule has 4 nitrogen and oxygen atoms in total. The van der Waals surface area contributed by atoms with Crippen molar-refractivity contribution in [2.24, 2.45) is 0 Å². The van der Waals surface area contributed by atoms with E-state index < -0.39 is 0 Å². The molecule has 1 heterocycles. The zero-order chi connectivity index (χ0) is 10.9. The zero-order valence-corrected chi connectivity index (χ0v) is 10.00. The molecule has 1 fully saturated rings. The molecule has 0 aliphatic carbocycles. The first-order chi connectivity index (χ1) is 7.33. The van der Waals surface area contributed by atoms with Gasteiger partial charge in [-0.15, -0.1) is 0 Å². The van der Waals surface area contributed by atoms with Crippen LogP contribution in [0.2, 0.25) is 0 Å². The summed E-state index contributed by atoms with van der Waals surface area (Å²) in [4.78, 5) is 2.46. The minimum atomic E-state index is 0.556. The molecular formula is C11H24N2O2. The molecule has 4 heteroatoms. The molecule has 1 N–H and O–H groups in total. The molecule has 15 heavy (non-hydrogen) atoms. The summed E-state index contributed by atoms with van der Waals surface area (Å²) in [5.41, 5.74) is 0. The average Bonchev–Trinajstić information content (AvgIpc) is 2.26. The predicted octanol–water partition coefficient (Wildman–Crippen LogP) is 0.333. The first-order valence-corrected chi connectivity index (χ1v) is 5.85. The van der Waals surface area contributed by atoms with Gasteiger partial charge in [0.1, 0.15) is 0 Å². The Morgan fingerprint density at radius 1 is 1.40 bits per heavy atom. The van der Waals surface area contributed by atoms with Gasteiger partial charge in [-0.1, -0.05) is 0 Å². The maximum atomic E-state index is 5.32. The van der Waals surface area contributed by atoms with E-state index in [0.29, 0.717) is 6.04 Å². The first kappa shape index (κ1) is 12.9. The normalized spacial score (nSPS) is 20.4. The molecule has 0 saturated carbocycles. The standard InChI is InChI=1S/C11H24N2O2/c1-11(12-4-3-7-14-2)10-13-5-8-15-9-6-13/h11-12H,3-10H2,1-2H3. The van der Waals surface area contributed by atoms with Crippen LogP contribution in [0.5, 0.6) is 0 Å². The second kappa shape index (κ2) is 8.05. The number of hydrogen-bond acceptors (Lipinski definition) is 4. The van der Waals surface area contributed by atoms with Gasteiger partial charge in [0.25, 0.3) is 0 Å². The highest BCUT2D eigenvalue weighted by Crippen LogP contribution is 1.98. The van der Waals surface area contributed by atoms with E-state index in [0.717, 1.165) is 52.4 Å². The summed E-state index contributed by atoms with van der Waals surface area (Å²) in [5, 5.41) is 3.50. The van der Waals surface area contributed by atoms with Crippen molar-refractivity contribution in [1.29, 1.82) is 0 Å². The molecule has 1 atom stereocenters. The molecule has 1 unspecified atom stereocenters. The number of rotatable bonds is 7. The van der Waals surface area contributed by atoms with Gasteiger partial charge in [0.15, 0.2) is 0 Å². The van der Waals surface area contributed by atoms with Gasteiger partial charge in [0.05, 0.1) is 13.2 Å². The monoisotopic (exact) mass is 216 g/mol. The van der Waals surface area contributed by atoms with Crippen LogP contribution in [0.25, 0.3) is 0 Å². The van der Waals surface area contributed by atoms with Crippen molar-refractivity contribution in [3.63, 3.8) is 0 Å². The highest BCUT2D eigenvalue weighted by Gasteiger charge is 2.12. The van der Waals surface area contributed by atoms with E-state index in [1.54, 1.807) is 7.11 Å². The summed E-state index contributed by atoms with van der Waals surface area (Å²) in [5.74, 6) is 0. The fourth-order valence-electron chi connectivity index (χ4n) is 1.80. The Morgan fingerprint density at radius 2 is 2.13 bits per heavy atom. The van der Waals surface area contributed by atoms with Gasteiger partial charge in [0, 0.05) is 39.4 Å². The maximum Gasteiger partial charge on any atom is 0.0594 e. The van der Waals surface area contributed by atoms with Crippen LogP contribution >= 0.6 is 0 Å². The Kier molecular flexibility index (Phi) is 6.92. The van der Waals surface area contributed by atoms with Gasteiger partial charge in [-0.25, -0.2) is 0 Å². The van der Waals surface area contributed by atoms with Crippen LogP contribution in [0.1, 0.15) is 13.3 Å². The minimum Gasteiger partial charge on any atom is -0.385 e. The Balaban J connectivity index is 1.98. The lowest BCUT2D eigenvalue weighted by molar-refractivity contribution is 0.0343. The minimum absolute atomic E-state index is 0.556. The molecular weight excluding hydrogens is 192 g/mol. The van der Waals surface area contributed by atoms with Gasteiger partial charge < -0.3 is 14.8 Å². The molecule has 0 amide bonds. The Morgan fingerprint density at radius 3 is 2.80 bits per heavy atom. The lowest BCUT2D eigenvalue weighted by Gasteiger charge is -2.29. The first-order valence-electron chi connectivity index (χ1n) is 5.85. The van der Waals surface area contributed by atoms with E-state index in [2.05, 4.69) is 17.1 Å². The SMILES string of the molecule is COCCCNC(C)CN1CCOCC1. The Bertz CT molecular complexity index is 150. The van der Waals surface area contributed by atoms with E-state index >= 15 is 0 Å². The van der Waals surface area contributed by atoms with Crippen LogP contribution in [-0.4, -0.2) is 64.1 Å². The molecule has 0 radical (unpaired) electrons. The smallest absolute Gasteiger partial charge is 0.0594 e. The summed E-state index contributed by atoms with van der Waals surface area (Å²) < 4.78 is 10.3. The van der Waals surface area contributed by atoms with E-state index in [1.165, 1.54) is 0 Å². The lowest BCUT2D eigenvalue weighted by Crippen LogP contribution is -2.44. The van der Waals surface area contributed by atoms with E-state index in [4.69, 9.17) is 9.47 Å². The largest absolute Gasteiger partial charge is 0.385 e. The van der Waals surface area contributed by atoms with Crippen LogP contribution in [-0.2, 0) is 9.47 Å².